The molecule has 0 aliphatic carbocycles. The molecule has 0 bridgehead atoms. The Balaban J connectivity index is 1.72. The molecule has 0 aliphatic rings. The molecule has 0 radical (unpaired) electrons. The lowest BCUT2D eigenvalue weighted by Crippen LogP contribution is -2.44. The number of hydrogen-bond acceptors (Lipinski definition) is 3. The van der Waals surface area contributed by atoms with Crippen LogP contribution in [-0.4, -0.2) is 21.8 Å². The van der Waals surface area contributed by atoms with E-state index in [-0.39, 0.29) is 5.11 Å². The molecule has 5 heteroatoms. The van der Waals surface area contributed by atoms with Crippen molar-refractivity contribution in [2.24, 2.45) is 0 Å². The summed E-state index contributed by atoms with van der Waals surface area (Å²) < 4.78 is 0. The minimum Gasteiger partial charge on any atom is -0.331 e. The highest BCUT2D eigenvalue weighted by Crippen LogP contribution is 2.24. The van der Waals surface area contributed by atoms with Crippen LogP contribution in [0.4, 0.5) is 5.69 Å². The number of hydrogen-bond donors (Lipinski definition) is 1. The van der Waals surface area contributed by atoms with Crippen LogP contribution >= 0.6 is 12.2 Å². The molecule has 2 amide bonds. The lowest BCUT2D eigenvalue weighted by Gasteiger charge is -2.23. The second kappa shape index (κ2) is 8.68. The van der Waals surface area contributed by atoms with Crippen LogP contribution in [0.3, 0.4) is 0 Å². The number of anilines is 1. The Bertz CT molecular complexity index is 1170. The largest absolute Gasteiger partial charge is 0.331 e. The van der Waals surface area contributed by atoms with E-state index in [1.165, 1.54) is 0 Å². The highest BCUT2D eigenvalue weighted by Gasteiger charge is 2.28. The van der Waals surface area contributed by atoms with E-state index in [2.05, 4.69) is 5.32 Å². The first-order chi connectivity index (χ1) is 14.6. The second-order valence-electron chi connectivity index (χ2n) is 6.63. The van der Waals surface area contributed by atoms with Gasteiger partial charge in [0.2, 0.25) is 0 Å². The van der Waals surface area contributed by atoms with Crippen molar-refractivity contribution in [2.45, 2.75) is 0 Å². The van der Waals surface area contributed by atoms with Crippen LogP contribution in [0, 0.1) is 0 Å². The zero-order valence-corrected chi connectivity index (χ0v) is 16.8. The number of carbonyl (C=O) groups excluding carboxylic acids is 2. The molecular weight excluding hydrogens is 392 g/mol. The number of benzene rings is 4. The highest BCUT2D eigenvalue weighted by molar-refractivity contribution is 7.80. The SMILES string of the molecule is O=C(c1ccccc1)N(C(=O)c1ccccc1)C(=S)Nc1cccc2ccccc12. The van der Waals surface area contributed by atoms with Gasteiger partial charge in [0.15, 0.2) is 5.11 Å². The molecule has 0 aliphatic heterocycles. The minimum atomic E-state index is -0.484. The van der Waals surface area contributed by atoms with Crippen molar-refractivity contribution in [3.63, 3.8) is 0 Å². The number of rotatable bonds is 3. The van der Waals surface area contributed by atoms with E-state index >= 15 is 0 Å². The molecular formula is C25H18N2O2S. The van der Waals surface area contributed by atoms with Crippen LogP contribution in [0.5, 0.6) is 0 Å². The van der Waals surface area contributed by atoms with E-state index in [4.69, 9.17) is 12.2 Å². The van der Waals surface area contributed by atoms with Crippen LogP contribution in [0.25, 0.3) is 10.8 Å². The maximum Gasteiger partial charge on any atom is 0.267 e. The number of nitrogens with one attached hydrogen (secondary N) is 1. The predicted molar refractivity (Wildman–Crippen MR) is 124 cm³/mol. The molecule has 4 aromatic carbocycles. The van der Waals surface area contributed by atoms with E-state index in [9.17, 15) is 9.59 Å². The topological polar surface area (TPSA) is 49.4 Å². The fourth-order valence-electron chi connectivity index (χ4n) is 3.20. The molecule has 0 aromatic heterocycles. The number of amides is 2. The maximum absolute atomic E-state index is 13.2. The molecule has 0 unspecified atom stereocenters. The van der Waals surface area contributed by atoms with Crippen molar-refractivity contribution in [3.8, 4) is 0 Å². The molecule has 4 rings (SSSR count). The zero-order valence-electron chi connectivity index (χ0n) is 16.0. The number of nitrogens with zero attached hydrogens (tertiary/aromatic N) is 1. The molecule has 0 saturated heterocycles. The van der Waals surface area contributed by atoms with Gasteiger partial charge in [-0.1, -0.05) is 72.8 Å². The van der Waals surface area contributed by atoms with Crippen molar-refractivity contribution >= 4 is 45.6 Å². The fourth-order valence-corrected chi connectivity index (χ4v) is 3.48. The average molecular weight is 410 g/mol. The van der Waals surface area contributed by atoms with Crippen LogP contribution < -0.4 is 5.32 Å². The van der Waals surface area contributed by atoms with Gasteiger partial charge in [-0.15, -0.1) is 0 Å². The summed E-state index contributed by atoms with van der Waals surface area (Å²) in [5, 5.41) is 5.10. The third-order valence-corrected chi connectivity index (χ3v) is 4.97. The Hall–Kier alpha value is -3.83. The molecule has 0 spiro atoms. The molecule has 0 fully saturated rings. The summed E-state index contributed by atoms with van der Waals surface area (Å²) in [5.74, 6) is -0.968. The van der Waals surface area contributed by atoms with Gasteiger partial charge in [-0.05, 0) is 47.9 Å². The number of fused-ring (bicyclic) bond motifs is 1. The summed E-state index contributed by atoms with van der Waals surface area (Å²) in [6, 6.07) is 30.9. The van der Waals surface area contributed by atoms with Crippen molar-refractivity contribution in [3.05, 3.63) is 114 Å². The monoisotopic (exact) mass is 410 g/mol. The Kier molecular flexibility index (Phi) is 5.63. The normalized spacial score (nSPS) is 10.4. The van der Waals surface area contributed by atoms with E-state index in [0.717, 1.165) is 21.4 Å². The van der Waals surface area contributed by atoms with E-state index in [0.29, 0.717) is 11.1 Å². The maximum atomic E-state index is 13.2. The molecule has 0 saturated carbocycles. The number of carbonyl (C=O) groups is 2. The number of thiocarbonyl (C=S) groups is 1. The first-order valence-corrected chi connectivity index (χ1v) is 9.83. The van der Waals surface area contributed by atoms with E-state index < -0.39 is 11.8 Å². The van der Waals surface area contributed by atoms with Crippen LogP contribution in [0.2, 0.25) is 0 Å². The standard InChI is InChI=1S/C25H18N2O2S/c28-23(19-11-3-1-4-12-19)27(24(29)20-13-5-2-6-14-20)25(30)26-22-17-9-15-18-10-7-8-16-21(18)22/h1-17H,(H,26,30). The number of imide groups is 1. The molecule has 4 aromatic rings. The molecule has 146 valence electrons. The third-order valence-electron chi connectivity index (χ3n) is 4.68. The summed E-state index contributed by atoms with van der Waals surface area (Å²) >= 11 is 5.55. The van der Waals surface area contributed by atoms with Crippen molar-refractivity contribution < 1.29 is 9.59 Å². The lowest BCUT2D eigenvalue weighted by atomic mass is 10.1. The van der Waals surface area contributed by atoms with Gasteiger partial charge in [0, 0.05) is 22.2 Å². The first kappa shape index (κ1) is 19.5. The van der Waals surface area contributed by atoms with Gasteiger partial charge in [-0.3, -0.25) is 9.59 Å². The summed E-state index contributed by atoms with van der Waals surface area (Å²) in [4.78, 5) is 27.5. The summed E-state index contributed by atoms with van der Waals surface area (Å²) in [7, 11) is 0. The van der Waals surface area contributed by atoms with E-state index in [1.807, 2.05) is 54.6 Å². The van der Waals surface area contributed by atoms with E-state index in [1.54, 1.807) is 48.5 Å². The molecule has 0 heterocycles. The van der Waals surface area contributed by atoms with Crippen molar-refractivity contribution in [1.29, 1.82) is 0 Å². The van der Waals surface area contributed by atoms with Crippen LogP contribution in [0.15, 0.2) is 103 Å². The zero-order chi connectivity index (χ0) is 20.9. The lowest BCUT2D eigenvalue weighted by molar-refractivity contribution is 0.0716. The average Bonchev–Trinajstić information content (AvgIpc) is 2.80. The summed E-state index contributed by atoms with van der Waals surface area (Å²) in [5.41, 5.74) is 1.48. The van der Waals surface area contributed by atoms with Crippen molar-refractivity contribution in [2.75, 3.05) is 5.32 Å². The Labute approximate surface area is 179 Å². The molecule has 30 heavy (non-hydrogen) atoms. The summed E-state index contributed by atoms with van der Waals surface area (Å²) in [6.07, 6.45) is 0. The first-order valence-electron chi connectivity index (χ1n) is 9.43. The molecule has 0 atom stereocenters. The van der Waals surface area contributed by atoms with Gasteiger partial charge in [0.05, 0.1) is 0 Å². The van der Waals surface area contributed by atoms with Gasteiger partial charge in [0.1, 0.15) is 0 Å². The fraction of sp³-hybridized carbons (Fsp3) is 0. The Morgan fingerprint density at radius 1 is 0.633 bits per heavy atom. The minimum absolute atomic E-state index is 0.0223. The van der Waals surface area contributed by atoms with Crippen molar-refractivity contribution in [1.82, 2.24) is 4.90 Å². The second-order valence-corrected chi connectivity index (χ2v) is 7.02. The van der Waals surface area contributed by atoms with Gasteiger partial charge >= 0.3 is 0 Å². The molecule has 4 nitrogen and oxygen atoms in total. The third kappa shape index (κ3) is 3.97. The van der Waals surface area contributed by atoms with Gasteiger partial charge in [0.25, 0.3) is 11.8 Å². The van der Waals surface area contributed by atoms with Gasteiger partial charge in [-0.25, -0.2) is 4.90 Å². The summed E-state index contributed by atoms with van der Waals surface area (Å²) in [6.45, 7) is 0. The van der Waals surface area contributed by atoms with Gasteiger partial charge in [-0.2, -0.15) is 0 Å². The Morgan fingerprint density at radius 2 is 1.13 bits per heavy atom. The quantitative estimate of drug-likeness (QED) is 0.357. The van der Waals surface area contributed by atoms with Crippen LogP contribution in [-0.2, 0) is 0 Å². The van der Waals surface area contributed by atoms with Gasteiger partial charge < -0.3 is 5.32 Å². The smallest absolute Gasteiger partial charge is 0.267 e. The Morgan fingerprint density at radius 3 is 1.73 bits per heavy atom. The molecule has 1 N–H and O–H groups in total. The van der Waals surface area contributed by atoms with Crippen LogP contribution in [0.1, 0.15) is 20.7 Å². The predicted octanol–water partition coefficient (Wildman–Crippen LogP) is 5.52. The highest BCUT2D eigenvalue weighted by atomic mass is 32.1.